The first-order valence-electron chi connectivity index (χ1n) is 9.46. The normalized spacial score (nSPS) is 20.3. The highest BCUT2D eigenvalue weighted by atomic mass is 16.2. The number of rotatable bonds is 5. The summed E-state index contributed by atoms with van der Waals surface area (Å²) >= 11 is 0. The number of nitrogens with zero attached hydrogens (tertiary/aromatic N) is 1. The van der Waals surface area contributed by atoms with Gasteiger partial charge in [-0.3, -0.25) is 4.79 Å². The Morgan fingerprint density at radius 3 is 2.15 bits per heavy atom. The van der Waals surface area contributed by atoms with Crippen molar-refractivity contribution >= 4 is 18.2 Å². The topological polar surface area (TPSA) is 78.5 Å². The fraction of sp³-hybridized carbons (Fsp3) is 0.850. The maximum absolute atomic E-state index is 12.5. The summed E-state index contributed by atoms with van der Waals surface area (Å²) in [7, 11) is 0. The Labute approximate surface area is 158 Å². The predicted molar refractivity (Wildman–Crippen MR) is 104 cm³/mol. The molecule has 0 saturated carbocycles. The molecule has 0 aromatic carbocycles. The average molecular weight is 368 g/mol. The number of urea groups is 1. The molecule has 1 aliphatic rings. The molecule has 150 valence electrons. The number of aldehydes is 1. The van der Waals surface area contributed by atoms with Gasteiger partial charge in [0.05, 0.1) is 12.1 Å². The summed E-state index contributed by atoms with van der Waals surface area (Å²) in [5, 5.41) is 5.73. The van der Waals surface area contributed by atoms with Crippen LogP contribution in [0.2, 0.25) is 0 Å². The molecule has 0 aliphatic carbocycles. The summed E-state index contributed by atoms with van der Waals surface area (Å²) in [5.41, 5.74) is -0.534. The van der Waals surface area contributed by atoms with Gasteiger partial charge in [0.15, 0.2) is 0 Å². The van der Waals surface area contributed by atoms with Gasteiger partial charge in [-0.05, 0) is 22.7 Å². The van der Waals surface area contributed by atoms with E-state index in [-0.39, 0.29) is 34.2 Å². The van der Waals surface area contributed by atoms with Crippen molar-refractivity contribution in [1.82, 2.24) is 15.5 Å². The van der Waals surface area contributed by atoms with Gasteiger partial charge in [0.1, 0.15) is 6.29 Å². The summed E-state index contributed by atoms with van der Waals surface area (Å²) < 4.78 is 0. The Hall–Kier alpha value is -1.59. The van der Waals surface area contributed by atoms with Gasteiger partial charge in [-0.15, -0.1) is 0 Å². The van der Waals surface area contributed by atoms with Crippen molar-refractivity contribution < 1.29 is 14.4 Å². The summed E-state index contributed by atoms with van der Waals surface area (Å²) in [6, 6.07) is -1.15. The number of hydrogen-bond donors (Lipinski definition) is 2. The first-order chi connectivity index (χ1) is 11.7. The maximum atomic E-state index is 12.5. The predicted octanol–water partition coefficient (Wildman–Crippen LogP) is 2.96. The van der Waals surface area contributed by atoms with Crippen LogP contribution in [0.25, 0.3) is 0 Å². The molecule has 1 rings (SSSR count). The van der Waals surface area contributed by atoms with Crippen LogP contribution < -0.4 is 10.6 Å². The van der Waals surface area contributed by atoms with Crippen LogP contribution in [-0.2, 0) is 9.59 Å². The lowest BCUT2D eigenvalue weighted by atomic mass is 9.81. The third-order valence-corrected chi connectivity index (χ3v) is 5.15. The maximum Gasteiger partial charge on any atom is 0.315 e. The van der Waals surface area contributed by atoms with E-state index in [1.54, 1.807) is 0 Å². The van der Waals surface area contributed by atoms with Gasteiger partial charge in [-0.1, -0.05) is 55.4 Å². The van der Waals surface area contributed by atoms with Gasteiger partial charge in [0, 0.05) is 19.5 Å². The molecule has 0 bridgehead atoms. The van der Waals surface area contributed by atoms with E-state index in [1.807, 2.05) is 46.4 Å². The monoisotopic (exact) mass is 367 g/mol. The molecule has 26 heavy (non-hydrogen) atoms. The zero-order valence-corrected chi connectivity index (χ0v) is 17.7. The number of hydrogen-bond acceptors (Lipinski definition) is 3. The van der Waals surface area contributed by atoms with Crippen molar-refractivity contribution in [2.24, 2.45) is 16.2 Å². The Balaban J connectivity index is 2.78. The van der Waals surface area contributed by atoms with Crippen LogP contribution in [-0.4, -0.2) is 48.3 Å². The lowest BCUT2D eigenvalue weighted by Gasteiger charge is -2.41. The Morgan fingerprint density at radius 1 is 1.15 bits per heavy atom. The number of carbonyl (C=O) groups is 3. The molecule has 2 unspecified atom stereocenters. The molecule has 6 heteroatoms. The number of nitrogens with one attached hydrogen (secondary N) is 2. The molecule has 2 atom stereocenters. The van der Waals surface area contributed by atoms with Crippen LogP contribution in [0, 0.1) is 16.2 Å². The standard InChI is InChI=1S/C20H37N3O3/c1-18(2,3)14(12-23-10-9-20(7,8)11-16(23)25)21-17(26)22-15(13-24)19(4,5)6/h13-15H,9-12H2,1-8H3,(H2,21,22,26). The van der Waals surface area contributed by atoms with Gasteiger partial charge in [0.2, 0.25) is 5.91 Å². The molecule has 6 nitrogen and oxygen atoms in total. The minimum atomic E-state index is -0.569. The first-order valence-corrected chi connectivity index (χ1v) is 9.46. The Kier molecular flexibility index (Phi) is 6.88. The van der Waals surface area contributed by atoms with E-state index in [4.69, 9.17) is 0 Å². The second kappa shape index (κ2) is 7.97. The number of amides is 3. The summed E-state index contributed by atoms with van der Waals surface area (Å²) in [6.07, 6.45) is 2.26. The van der Waals surface area contributed by atoms with Crippen LogP contribution in [0.15, 0.2) is 0 Å². The average Bonchev–Trinajstić information content (AvgIpc) is 2.43. The van der Waals surface area contributed by atoms with E-state index in [0.717, 1.165) is 12.7 Å². The fourth-order valence-electron chi connectivity index (χ4n) is 2.92. The molecule has 1 heterocycles. The molecule has 0 aromatic rings. The van der Waals surface area contributed by atoms with Crippen molar-refractivity contribution in [3.05, 3.63) is 0 Å². The molecule has 2 N–H and O–H groups in total. The van der Waals surface area contributed by atoms with E-state index < -0.39 is 6.04 Å². The van der Waals surface area contributed by atoms with Crippen LogP contribution in [0.3, 0.4) is 0 Å². The number of piperidine rings is 1. The van der Waals surface area contributed by atoms with E-state index in [2.05, 4.69) is 24.5 Å². The van der Waals surface area contributed by atoms with Crippen LogP contribution >= 0.6 is 0 Å². The van der Waals surface area contributed by atoms with Gasteiger partial charge < -0.3 is 20.3 Å². The van der Waals surface area contributed by atoms with Gasteiger partial charge >= 0.3 is 6.03 Å². The SMILES string of the molecule is CC1(C)CCN(CC(NC(=O)NC(C=O)C(C)(C)C)C(C)(C)C)C(=O)C1. The van der Waals surface area contributed by atoms with Crippen molar-refractivity contribution in [3.8, 4) is 0 Å². The zero-order valence-electron chi connectivity index (χ0n) is 17.7. The van der Waals surface area contributed by atoms with E-state index in [9.17, 15) is 14.4 Å². The largest absolute Gasteiger partial charge is 0.341 e. The van der Waals surface area contributed by atoms with Gasteiger partial charge in [-0.2, -0.15) is 0 Å². The smallest absolute Gasteiger partial charge is 0.315 e. The third kappa shape index (κ3) is 6.61. The lowest BCUT2D eigenvalue weighted by molar-refractivity contribution is -0.137. The van der Waals surface area contributed by atoms with Crippen molar-refractivity contribution in [2.75, 3.05) is 13.1 Å². The molecule has 3 amide bonds. The molecule has 0 aromatic heterocycles. The van der Waals surface area contributed by atoms with Gasteiger partial charge in [0.25, 0.3) is 0 Å². The molecule has 1 fully saturated rings. The van der Waals surface area contributed by atoms with Crippen molar-refractivity contribution in [3.63, 3.8) is 0 Å². The molecular weight excluding hydrogens is 330 g/mol. The summed E-state index contributed by atoms with van der Waals surface area (Å²) in [4.78, 5) is 38.1. The number of carbonyl (C=O) groups excluding carboxylic acids is 3. The van der Waals surface area contributed by atoms with Crippen molar-refractivity contribution in [2.45, 2.75) is 80.3 Å². The minimum Gasteiger partial charge on any atom is -0.341 e. The quantitative estimate of drug-likeness (QED) is 0.733. The molecule has 0 radical (unpaired) electrons. The Morgan fingerprint density at radius 2 is 1.73 bits per heavy atom. The van der Waals surface area contributed by atoms with E-state index >= 15 is 0 Å². The third-order valence-electron chi connectivity index (χ3n) is 5.15. The van der Waals surface area contributed by atoms with Gasteiger partial charge in [-0.25, -0.2) is 4.79 Å². The molecule has 1 saturated heterocycles. The highest BCUT2D eigenvalue weighted by Crippen LogP contribution is 2.31. The van der Waals surface area contributed by atoms with Crippen LogP contribution in [0.5, 0.6) is 0 Å². The highest BCUT2D eigenvalue weighted by molar-refractivity contribution is 5.79. The number of likely N-dealkylation sites (tertiary alicyclic amines) is 1. The molecular formula is C20H37N3O3. The summed E-state index contributed by atoms with van der Waals surface area (Å²) in [5.74, 6) is 0.137. The lowest BCUT2D eigenvalue weighted by Crippen LogP contribution is -2.58. The first kappa shape index (κ1) is 22.5. The molecule has 1 aliphatic heterocycles. The highest BCUT2D eigenvalue weighted by Gasteiger charge is 2.36. The van der Waals surface area contributed by atoms with E-state index in [0.29, 0.717) is 19.5 Å². The van der Waals surface area contributed by atoms with Crippen LogP contribution in [0.4, 0.5) is 4.79 Å². The minimum absolute atomic E-state index is 0.0412. The zero-order chi connectivity index (χ0) is 20.3. The Bertz CT molecular complexity index is 529. The van der Waals surface area contributed by atoms with E-state index in [1.165, 1.54) is 0 Å². The second-order valence-electron chi connectivity index (χ2n) is 10.4. The molecule has 0 spiro atoms. The van der Waals surface area contributed by atoms with Crippen molar-refractivity contribution in [1.29, 1.82) is 0 Å². The van der Waals surface area contributed by atoms with Crippen LogP contribution in [0.1, 0.15) is 68.2 Å². The summed E-state index contributed by atoms with van der Waals surface area (Å²) in [6.45, 7) is 17.2. The fourth-order valence-corrected chi connectivity index (χ4v) is 2.92. The second-order valence-corrected chi connectivity index (χ2v) is 10.4.